The van der Waals surface area contributed by atoms with Crippen molar-refractivity contribution in [3.8, 4) is 0 Å². The van der Waals surface area contributed by atoms with Crippen LogP contribution in [0, 0.1) is 0 Å². The molecule has 1 aromatic carbocycles. The van der Waals surface area contributed by atoms with Gasteiger partial charge in [-0.15, -0.1) is 0 Å². The van der Waals surface area contributed by atoms with Gasteiger partial charge in [-0.1, -0.05) is 23.2 Å². The van der Waals surface area contributed by atoms with Crippen LogP contribution in [0.4, 0.5) is 0 Å². The zero-order chi connectivity index (χ0) is 10.3. The Morgan fingerprint density at radius 1 is 1.21 bits per heavy atom. The van der Waals surface area contributed by atoms with Gasteiger partial charge in [0.1, 0.15) is 10.1 Å². The largest absolute Gasteiger partial charge is 0.422 e. The van der Waals surface area contributed by atoms with Crippen molar-refractivity contribution in [1.82, 2.24) is 0 Å². The van der Waals surface area contributed by atoms with Crippen LogP contribution in [0.15, 0.2) is 31.9 Å². The van der Waals surface area contributed by atoms with Gasteiger partial charge in [0.15, 0.2) is 0 Å². The average molecular weight is 294 g/mol. The van der Waals surface area contributed by atoms with E-state index in [-0.39, 0.29) is 0 Å². The van der Waals surface area contributed by atoms with Gasteiger partial charge in [-0.25, -0.2) is 4.79 Å². The van der Waals surface area contributed by atoms with E-state index in [0.29, 0.717) is 25.5 Å². The molecule has 2 aromatic rings. The van der Waals surface area contributed by atoms with Gasteiger partial charge in [0, 0.05) is 16.5 Å². The third-order valence-corrected chi connectivity index (χ3v) is 2.81. The summed E-state index contributed by atoms with van der Waals surface area (Å²) < 4.78 is 5.32. The fraction of sp³-hybridized carbons (Fsp3) is 0. The van der Waals surface area contributed by atoms with E-state index in [2.05, 4.69) is 15.9 Å². The molecule has 0 aliphatic rings. The molecule has 2 nitrogen and oxygen atoms in total. The first kappa shape index (κ1) is 10.0. The molecule has 0 aliphatic carbocycles. The summed E-state index contributed by atoms with van der Waals surface area (Å²) in [5.41, 5.74) is -0.0634. The minimum atomic E-state index is -0.448. The quantitative estimate of drug-likeness (QED) is 0.691. The van der Waals surface area contributed by atoms with E-state index >= 15 is 0 Å². The fourth-order valence-corrected chi connectivity index (χ4v) is 1.96. The first-order chi connectivity index (χ1) is 6.58. The Balaban J connectivity index is 2.96. The number of halogens is 3. The summed E-state index contributed by atoms with van der Waals surface area (Å²) in [5.74, 6) is 0. The summed E-state index contributed by atoms with van der Waals surface area (Å²) in [5, 5.41) is 1.55. The molecule has 0 amide bonds. The van der Waals surface area contributed by atoms with E-state index in [1.807, 2.05) is 0 Å². The molecular formula is C9H3BrCl2O2. The van der Waals surface area contributed by atoms with Crippen molar-refractivity contribution in [2.45, 2.75) is 0 Å². The Morgan fingerprint density at radius 3 is 2.64 bits per heavy atom. The highest BCUT2D eigenvalue weighted by molar-refractivity contribution is 9.10. The summed E-state index contributed by atoms with van der Waals surface area (Å²) >= 11 is 14.7. The van der Waals surface area contributed by atoms with Crippen LogP contribution in [0.1, 0.15) is 0 Å². The maximum atomic E-state index is 11.2. The molecule has 0 fully saturated rings. The highest BCUT2D eigenvalue weighted by atomic mass is 79.9. The number of rotatable bonds is 0. The summed E-state index contributed by atoms with van der Waals surface area (Å²) in [6, 6.07) is 4.76. The molecule has 0 saturated carbocycles. The van der Waals surface area contributed by atoms with Gasteiger partial charge in [0.05, 0.1) is 5.02 Å². The monoisotopic (exact) mass is 292 g/mol. The van der Waals surface area contributed by atoms with Crippen molar-refractivity contribution in [2.24, 2.45) is 0 Å². The Morgan fingerprint density at radius 2 is 1.93 bits per heavy atom. The lowest BCUT2D eigenvalue weighted by atomic mass is 10.2. The Bertz CT molecular complexity index is 562. The lowest BCUT2D eigenvalue weighted by molar-refractivity contribution is 0.556. The van der Waals surface area contributed by atoms with E-state index in [4.69, 9.17) is 27.6 Å². The van der Waals surface area contributed by atoms with Crippen molar-refractivity contribution in [3.63, 3.8) is 0 Å². The first-order valence-electron chi connectivity index (χ1n) is 3.66. The third kappa shape index (κ3) is 1.67. The SMILES string of the molecule is O=c1oc2cc(Cl)cc(Cl)c2cc1Br. The van der Waals surface area contributed by atoms with Gasteiger partial charge in [-0.2, -0.15) is 0 Å². The molecule has 0 bridgehead atoms. The number of hydrogen-bond acceptors (Lipinski definition) is 2. The molecule has 1 aromatic heterocycles. The molecule has 2 rings (SSSR count). The summed E-state index contributed by atoms with van der Waals surface area (Å²) in [4.78, 5) is 11.2. The molecular weight excluding hydrogens is 291 g/mol. The average Bonchev–Trinajstić information content (AvgIpc) is 2.08. The van der Waals surface area contributed by atoms with Crippen molar-refractivity contribution < 1.29 is 4.42 Å². The zero-order valence-corrected chi connectivity index (χ0v) is 9.78. The molecule has 0 radical (unpaired) electrons. The molecule has 1 heterocycles. The lowest BCUT2D eigenvalue weighted by Crippen LogP contribution is -1.98. The summed E-state index contributed by atoms with van der Waals surface area (Å²) in [6.45, 7) is 0. The predicted octanol–water partition coefficient (Wildman–Crippen LogP) is 3.86. The standard InChI is InChI=1S/C9H3BrCl2O2/c10-6-3-5-7(12)1-4(11)2-8(5)14-9(6)13/h1-3H. The molecule has 14 heavy (non-hydrogen) atoms. The van der Waals surface area contributed by atoms with E-state index < -0.39 is 5.63 Å². The summed E-state index contributed by atoms with van der Waals surface area (Å²) in [7, 11) is 0. The van der Waals surface area contributed by atoms with Crippen molar-refractivity contribution in [3.05, 3.63) is 43.1 Å². The first-order valence-corrected chi connectivity index (χ1v) is 5.21. The lowest BCUT2D eigenvalue weighted by Gasteiger charge is -2.00. The Labute approximate surface area is 97.6 Å². The Kier molecular flexibility index (Phi) is 2.56. The van der Waals surface area contributed by atoms with Crippen molar-refractivity contribution >= 4 is 50.1 Å². The smallest absolute Gasteiger partial charge is 0.350 e. The van der Waals surface area contributed by atoms with Crippen LogP contribution in [-0.4, -0.2) is 0 Å². The van der Waals surface area contributed by atoms with Gasteiger partial charge < -0.3 is 4.42 Å². The zero-order valence-electron chi connectivity index (χ0n) is 6.68. The number of benzene rings is 1. The minimum absolute atomic E-state index is 0.342. The van der Waals surface area contributed by atoms with E-state index in [1.165, 1.54) is 0 Å². The molecule has 72 valence electrons. The molecule has 0 unspecified atom stereocenters. The van der Waals surface area contributed by atoms with Crippen LogP contribution < -0.4 is 5.63 Å². The van der Waals surface area contributed by atoms with E-state index in [0.717, 1.165) is 0 Å². The maximum absolute atomic E-state index is 11.2. The molecule has 0 aliphatic heterocycles. The van der Waals surface area contributed by atoms with E-state index in [1.54, 1.807) is 18.2 Å². The van der Waals surface area contributed by atoms with Gasteiger partial charge >= 0.3 is 5.63 Å². The topological polar surface area (TPSA) is 30.2 Å². The molecule has 0 saturated heterocycles. The van der Waals surface area contributed by atoms with Gasteiger partial charge in [-0.3, -0.25) is 0 Å². The van der Waals surface area contributed by atoms with Crippen molar-refractivity contribution in [1.29, 1.82) is 0 Å². The van der Waals surface area contributed by atoms with Crippen LogP contribution in [0.2, 0.25) is 10.0 Å². The Hall–Kier alpha value is -0.510. The van der Waals surface area contributed by atoms with Crippen LogP contribution in [-0.2, 0) is 0 Å². The highest BCUT2D eigenvalue weighted by Crippen LogP contribution is 2.28. The van der Waals surface area contributed by atoms with Gasteiger partial charge in [-0.05, 0) is 28.1 Å². The number of fused-ring (bicyclic) bond motifs is 1. The molecule has 0 atom stereocenters. The van der Waals surface area contributed by atoms with Crippen LogP contribution in [0.5, 0.6) is 0 Å². The fourth-order valence-electron chi connectivity index (χ4n) is 1.12. The normalized spacial score (nSPS) is 10.8. The van der Waals surface area contributed by atoms with Crippen LogP contribution >= 0.6 is 39.1 Å². The van der Waals surface area contributed by atoms with Gasteiger partial charge in [0.2, 0.25) is 0 Å². The van der Waals surface area contributed by atoms with Gasteiger partial charge in [0.25, 0.3) is 0 Å². The second-order valence-electron chi connectivity index (χ2n) is 2.68. The number of hydrogen-bond donors (Lipinski definition) is 0. The third-order valence-electron chi connectivity index (χ3n) is 1.73. The minimum Gasteiger partial charge on any atom is -0.422 e. The highest BCUT2D eigenvalue weighted by Gasteiger charge is 2.06. The maximum Gasteiger partial charge on any atom is 0.350 e. The molecule has 0 spiro atoms. The second-order valence-corrected chi connectivity index (χ2v) is 4.38. The van der Waals surface area contributed by atoms with Crippen molar-refractivity contribution in [2.75, 3.05) is 0 Å². The van der Waals surface area contributed by atoms with E-state index in [9.17, 15) is 4.79 Å². The predicted molar refractivity (Wildman–Crippen MR) is 60.2 cm³/mol. The van der Waals surface area contributed by atoms with Crippen LogP contribution in [0.25, 0.3) is 11.0 Å². The molecule has 0 N–H and O–H groups in total. The van der Waals surface area contributed by atoms with Crippen LogP contribution in [0.3, 0.4) is 0 Å². The summed E-state index contributed by atoms with van der Waals surface area (Å²) in [6.07, 6.45) is 0. The second kappa shape index (κ2) is 3.57. The molecule has 5 heteroatoms.